The number of nitrogens with zero attached hydrogens (tertiary/aromatic N) is 1. The Morgan fingerprint density at radius 3 is 2.59 bits per heavy atom. The van der Waals surface area contributed by atoms with Gasteiger partial charge in [0.25, 0.3) is 5.91 Å². The highest BCUT2D eigenvalue weighted by Crippen LogP contribution is 2.23. The summed E-state index contributed by atoms with van der Waals surface area (Å²) in [7, 11) is -3.86. The quantitative estimate of drug-likeness (QED) is 0.508. The molecule has 1 aliphatic rings. The largest absolute Gasteiger partial charge is 0.324 e. The van der Waals surface area contributed by atoms with E-state index in [1.54, 1.807) is 26.0 Å². The van der Waals surface area contributed by atoms with Crippen LogP contribution in [-0.4, -0.2) is 49.1 Å². The molecule has 1 aliphatic heterocycles. The van der Waals surface area contributed by atoms with Crippen molar-refractivity contribution in [3.05, 3.63) is 59.7 Å². The molecular formula is C21H24Cl2N4O4S. The van der Waals surface area contributed by atoms with Gasteiger partial charge in [0.05, 0.1) is 10.3 Å². The molecule has 0 aliphatic carbocycles. The van der Waals surface area contributed by atoms with E-state index in [4.69, 9.17) is 23.2 Å². The minimum Gasteiger partial charge on any atom is -0.324 e. The maximum atomic E-state index is 13.0. The summed E-state index contributed by atoms with van der Waals surface area (Å²) in [5.41, 5.74) is 4.39. The van der Waals surface area contributed by atoms with E-state index in [1.165, 1.54) is 6.07 Å². The maximum Gasteiger partial charge on any atom is 0.256 e. The van der Waals surface area contributed by atoms with Gasteiger partial charge in [-0.15, -0.1) is 23.2 Å². The second-order valence-corrected chi connectivity index (χ2v) is 10.2. The molecule has 32 heavy (non-hydrogen) atoms. The smallest absolute Gasteiger partial charge is 0.256 e. The SMILES string of the molecule is Cc1ccc(NC(=O)CN2NCC(Cl)C(Cl)C2=O)cc1S(=O)(=O)N[C@H](C)c1ccccc1. The van der Waals surface area contributed by atoms with Gasteiger partial charge in [0.15, 0.2) is 0 Å². The molecule has 0 saturated carbocycles. The van der Waals surface area contributed by atoms with Crippen LogP contribution in [0.4, 0.5) is 5.69 Å². The molecule has 3 rings (SSSR count). The van der Waals surface area contributed by atoms with Gasteiger partial charge >= 0.3 is 0 Å². The van der Waals surface area contributed by atoms with E-state index in [1.807, 2.05) is 30.3 Å². The second kappa shape index (κ2) is 10.2. The first kappa shape index (κ1) is 24.5. The zero-order valence-electron chi connectivity index (χ0n) is 17.5. The number of hydrazine groups is 1. The maximum absolute atomic E-state index is 13.0. The fourth-order valence-electron chi connectivity index (χ4n) is 3.23. The first-order valence-electron chi connectivity index (χ1n) is 9.89. The molecule has 3 N–H and O–H groups in total. The number of anilines is 1. The van der Waals surface area contributed by atoms with Crippen molar-refractivity contribution in [2.75, 3.05) is 18.4 Å². The number of carbonyl (C=O) groups is 2. The van der Waals surface area contributed by atoms with Crippen molar-refractivity contribution in [3.63, 3.8) is 0 Å². The highest BCUT2D eigenvalue weighted by atomic mass is 35.5. The van der Waals surface area contributed by atoms with Crippen LogP contribution in [-0.2, 0) is 19.6 Å². The van der Waals surface area contributed by atoms with Crippen LogP contribution in [0.15, 0.2) is 53.4 Å². The summed E-state index contributed by atoms with van der Waals surface area (Å²) in [6.07, 6.45) is 0. The Morgan fingerprint density at radius 1 is 1.22 bits per heavy atom. The molecular weight excluding hydrogens is 475 g/mol. The van der Waals surface area contributed by atoms with Gasteiger partial charge in [-0.05, 0) is 37.1 Å². The molecule has 11 heteroatoms. The van der Waals surface area contributed by atoms with Crippen molar-refractivity contribution in [2.24, 2.45) is 0 Å². The highest BCUT2D eigenvalue weighted by Gasteiger charge is 2.34. The molecule has 1 saturated heterocycles. The molecule has 3 atom stereocenters. The van der Waals surface area contributed by atoms with E-state index < -0.39 is 38.6 Å². The molecule has 172 valence electrons. The van der Waals surface area contributed by atoms with Gasteiger partial charge < -0.3 is 5.32 Å². The van der Waals surface area contributed by atoms with Crippen molar-refractivity contribution in [3.8, 4) is 0 Å². The second-order valence-electron chi connectivity index (χ2n) is 7.49. The van der Waals surface area contributed by atoms with Crippen LogP contribution >= 0.6 is 23.2 Å². The summed E-state index contributed by atoms with van der Waals surface area (Å²) < 4.78 is 28.6. The molecule has 0 spiro atoms. The van der Waals surface area contributed by atoms with Crippen molar-refractivity contribution in [1.29, 1.82) is 0 Å². The van der Waals surface area contributed by atoms with Gasteiger partial charge in [-0.25, -0.2) is 18.6 Å². The Morgan fingerprint density at radius 2 is 1.91 bits per heavy atom. The van der Waals surface area contributed by atoms with Gasteiger partial charge in [-0.1, -0.05) is 36.4 Å². The molecule has 0 aromatic heterocycles. The van der Waals surface area contributed by atoms with Crippen LogP contribution < -0.4 is 15.5 Å². The van der Waals surface area contributed by atoms with Crippen LogP contribution in [0, 0.1) is 6.92 Å². The fourth-order valence-corrected chi connectivity index (χ4v) is 5.12. The van der Waals surface area contributed by atoms with E-state index >= 15 is 0 Å². The number of rotatable bonds is 7. The lowest BCUT2D eigenvalue weighted by Gasteiger charge is -2.32. The molecule has 1 heterocycles. The van der Waals surface area contributed by atoms with E-state index in [9.17, 15) is 18.0 Å². The predicted octanol–water partition coefficient (Wildman–Crippen LogP) is 2.53. The van der Waals surface area contributed by atoms with Crippen molar-refractivity contribution in [2.45, 2.75) is 35.5 Å². The predicted molar refractivity (Wildman–Crippen MR) is 124 cm³/mol. The number of sulfonamides is 1. The minimum atomic E-state index is -3.86. The average Bonchev–Trinajstić information content (AvgIpc) is 2.75. The van der Waals surface area contributed by atoms with E-state index in [0.29, 0.717) is 5.56 Å². The molecule has 0 bridgehead atoms. The first-order chi connectivity index (χ1) is 15.1. The van der Waals surface area contributed by atoms with Crippen LogP contribution in [0.5, 0.6) is 0 Å². The zero-order chi connectivity index (χ0) is 23.5. The summed E-state index contributed by atoms with van der Waals surface area (Å²) in [6.45, 7) is 3.37. The lowest BCUT2D eigenvalue weighted by molar-refractivity contribution is -0.139. The topological polar surface area (TPSA) is 108 Å². The highest BCUT2D eigenvalue weighted by molar-refractivity contribution is 7.89. The van der Waals surface area contributed by atoms with E-state index in [2.05, 4.69) is 15.5 Å². The Kier molecular flexibility index (Phi) is 7.79. The van der Waals surface area contributed by atoms with Gasteiger partial charge in [0.1, 0.15) is 11.9 Å². The van der Waals surface area contributed by atoms with Crippen LogP contribution in [0.25, 0.3) is 0 Å². The number of aryl methyl sites for hydroxylation is 1. The summed E-state index contributed by atoms with van der Waals surface area (Å²) in [5.74, 6) is -1.01. The number of hydrogen-bond acceptors (Lipinski definition) is 5. The van der Waals surface area contributed by atoms with E-state index in [0.717, 1.165) is 10.6 Å². The zero-order valence-corrected chi connectivity index (χ0v) is 19.8. The number of nitrogens with one attached hydrogen (secondary N) is 3. The lowest BCUT2D eigenvalue weighted by Crippen LogP contribution is -2.58. The minimum absolute atomic E-state index is 0.0519. The Hall–Kier alpha value is -2.17. The number of halogens is 2. The fraction of sp³-hybridized carbons (Fsp3) is 0.333. The van der Waals surface area contributed by atoms with Crippen LogP contribution in [0.3, 0.4) is 0 Å². The van der Waals surface area contributed by atoms with Crippen LogP contribution in [0.2, 0.25) is 0 Å². The van der Waals surface area contributed by atoms with E-state index in [-0.39, 0.29) is 23.7 Å². The summed E-state index contributed by atoms with van der Waals surface area (Å²) >= 11 is 11.9. The third-order valence-corrected chi connectivity index (χ3v) is 7.70. The molecule has 2 unspecified atom stereocenters. The van der Waals surface area contributed by atoms with Gasteiger partial charge in [-0.2, -0.15) is 0 Å². The van der Waals surface area contributed by atoms with Crippen molar-refractivity contribution >= 4 is 50.7 Å². The van der Waals surface area contributed by atoms with Gasteiger partial charge in [-0.3, -0.25) is 14.6 Å². The molecule has 0 radical (unpaired) electrons. The lowest BCUT2D eigenvalue weighted by atomic mass is 10.1. The number of carbonyl (C=O) groups excluding carboxylic acids is 2. The average molecular weight is 499 g/mol. The first-order valence-corrected chi connectivity index (χ1v) is 12.2. The van der Waals surface area contributed by atoms with Gasteiger partial charge in [0, 0.05) is 18.3 Å². The third-order valence-electron chi connectivity index (χ3n) is 4.99. The molecule has 8 nitrogen and oxygen atoms in total. The number of hydrogen-bond donors (Lipinski definition) is 3. The Labute approximate surface area is 197 Å². The number of benzene rings is 2. The normalized spacial score (nSPS) is 20.1. The monoisotopic (exact) mass is 498 g/mol. The number of amides is 2. The molecule has 2 aromatic carbocycles. The molecule has 2 aromatic rings. The molecule has 1 fully saturated rings. The Bertz CT molecular complexity index is 1100. The van der Waals surface area contributed by atoms with Crippen molar-refractivity contribution in [1.82, 2.24) is 15.2 Å². The van der Waals surface area contributed by atoms with Crippen molar-refractivity contribution < 1.29 is 18.0 Å². The summed E-state index contributed by atoms with van der Waals surface area (Å²) in [4.78, 5) is 24.6. The van der Waals surface area contributed by atoms with Gasteiger partial charge in [0.2, 0.25) is 15.9 Å². The Balaban J connectivity index is 1.71. The number of alkyl halides is 2. The van der Waals surface area contributed by atoms with Crippen LogP contribution in [0.1, 0.15) is 24.1 Å². The summed E-state index contributed by atoms with van der Waals surface area (Å²) in [6, 6.07) is 13.4. The summed E-state index contributed by atoms with van der Waals surface area (Å²) in [5, 5.41) is 2.22. The molecule has 2 amide bonds. The third kappa shape index (κ3) is 5.79. The standard InChI is InChI=1S/C21H24Cl2N4O4S/c1-13-8-9-16(25-19(28)12-27-21(29)20(23)17(22)11-24-27)10-18(13)32(30,31)26-14(2)15-6-4-3-5-7-15/h3-10,14,17,20,24,26H,11-12H2,1-2H3,(H,25,28)/t14-,17?,20?/m1/s1.